The number of rotatable bonds is 9. The summed E-state index contributed by atoms with van der Waals surface area (Å²) in [5, 5.41) is 4.47. The quantitative estimate of drug-likeness (QED) is 0.617. The van der Waals surface area contributed by atoms with E-state index in [-0.39, 0.29) is 5.91 Å². The molecule has 0 atom stereocenters. The molecule has 1 aromatic carbocycles. The maximum absolute atomic E-state index is 12.6. The van der Waals surface area contributed by atoms with Gasteiger partial charge in [-0.3, -0.25) is 9.48 Å². The van der Waals surface area contributed by atoms with Gasteiger partial charge in [-0.05, 0) is 54.4 Å². The Kier molecular flexibility index (Phi) is 7.50. The molecule has 142 valence electrons. The Bertz CT molecular complexity index is 746. The van der Waals surface area contributed by atoms with E-state index in [2.05, 4.69) is 21.0 Å². The summed E-state index contributed by atoms with van der Waals surface area (Å²) in [6.07, 6.45) is 2.23. The van der Waals surface area contributed by atoms with Crippen LogP contribution in [0.1, 0.15) is 32.0 Å². The van der Waals surface area contributed by atoms with E-state index in [0.717, 1.165) is 22.3 Å². The summed E-state index contributed by atoms with van der Waals surface area (Å²) in [5.74, 6) is 1.40. The fraction of sp³-hybridized carbons (Fsp3) is 0.474. The number of benzene rings is 1. The van der Waals surface area contributed by atoms with Gasteiger partial charge in [0.1, 0.15) is 0 Å². The van der Waals surface area contributed by atoms with E-state index in [1.54, 1.807) is 11.9 Å². The van der Waals surface area contributed by atoms with Gasteiger partial charge in [0, 0.05) is 19.8 Å². The molecular formula is C19H26BrN3O3. The van der Waals surface area contributed by atoms with Crippen LogP contribution in [0.4, 0.5) is 0 Å². The fourth-order valence-corrected chi connectivity index (χ4v) is 2.98. The van der Waals surface area contributed by atoms with Crippen molar-refractivity contribution in [2.75, 3.05) is 20.3 Å². The van der Waals surface area contributed by atoms with Gasteiger partial charge < -0.3 is 14.4 Å². The fourth-order valence-electron chi connectivity index (χ4n) is 2.53. The van der Waals surface area contributed by atoms with Crippen LogP contribution in [0.25, 0.3) is 0 Å². The van der Waals surface area contributed by atoms with Gasteiger partial charge in [-0.2, -0.15) is 5.10 Å². The summed E-state index contributed by atoms with van der Waals surface area (Å²) in [6.45, 7) is 8.25. The number of amides is 1. The van der Waals surface area contributed by atoms with Crippen molar-refractivity contribution in [1.29, 1.82) is 0 Å². The highest BCUT2D eigenvalue weighted by Gasteiger charge is 2.15. The molecule has 1 amide bonds. The third-order valence-electron chi connectivity index (χ3n) is 3.89. The number of hydrogen-bond acceptors (Lipinski definition) is 4. The number of hydrogen-bond donors (Lipinski definition) is 0. The number of carbonyl (C=O) groups is 1. The third-order valence-corrected chi connectivity index (χ3v) is 4.55. The average molecular weight is 424 g/mol. The van der Waals surface area contributed by atoms with Crippen LogP contribution in [0.2, 0.25) is 0 Å². The zero-order valence-corrected chi connectivity index (χ0v) is 17.4. The first-order chi connectivity index (χ1) is 12.5. The second-order valence-electron chi connectivity index (χ2n) is 5.85. The van der Waals surface area contributed by atoms with E-state index in [0.29, 0.717) is 37.7 Å². The van der Waals surface area contributed by atoms with Crippen LogP contribution in [0.3, 0.4) is 0 Å². The highest BCUT2D eigenvalue weighted by molar-refractivity contribution is 9.10. The van der Waals surface area contributed by atoms with Gasteiger partial charge in [-0.15, -0.1) is 0 Å². The van der Waals surface area contributed by atoms with Gasteiger partial charge in [0.15, 0.2) is 11.5 Å². The van der Waals surface area contributed by atoms with Crippen molar-refractivity contribution in [1.82, 2.24) is 14.7 Å². The molecule has 0 N–H and O–H groups in total. The summed E-state index contributed by atoms with van der Waals surface area (Å²) in [5.41, 5.74) is 1.75. The third kappa shape index (κ3) is 5.24. The van der Waals surface area contributed by atoms with Crippen LogP contribution in [0, 0.1) is 0 Å². The molecule has 26 heavy (non-hydrogen) atoms. The normalized spacial score (nSPS) is 10.7. The molecule has 0 unspecified atom stereocenters. The summed E-state index contributed by atoms with van der Waals surface area (Å²) >= 11 is 3.50. The van der Waals surface area contributed by atoms with Crippen LogP contribution < -0.4 is 9.47 Å². The number of aryl methyl sites for hydroxylation is 1. The number of nitrogens with zero attached hydrogens (tertiary/aromatic N) is 3. The molecule has 0 aliphatic carbocycles. The van der Waals surface area contributed by atoms with Crippen molar-refractivity contribution >= 4 is 21.8 Å². The van der Waals surface area contributed by atoms with E-state index in [4.69, 9.17) is 9.47 Å². The van der Waals surface area contributed by atoms with Crippen molar-refractivity contribution in [2.45, 2.75) is 40.3 Å². The van der Waals surface area contributed by atoms with E-state index < -0.39 is 0 Å². The molecule has 2 rings (SSSR count). The predicted octanol–water partition coefficient (Wildman–Crippen LogP) is 3.66. The van der Waals surface area contributed by atoms with E-state index >= 15 is 0 Å². The molecule has 7 heteroatoms. The highest BCUT2D eigenvalue weighted by atomic mass is 79.9. The number of ether oxygens (including phenoxy) is 2. The molecule has 0 saturated heterocycles. The molecule has 1 aromatic heterocycles. The molecule has 1 heterocycles. The predicted molar refractivity (Wildman–Crippen MR) is 105 cm³/mol. The Labute approximate surface area is 163 Å². The Morgan fingerprint density at radius 2 is 1.88 bits per heavy atom. The van der Waals surface area contributed by atoms with Crippen molar-refractivity contribution in [3.63, 3.8) is 0 Å². The minimum atomic E-state index is 0.0227. The lowest BCUT2D eigenvalue weighted by molar-refractivity contribution is -0.129. The van der Waals surface area contributed by atoms with Gasteiger partial charge in [0.2, 0.25) is 5.91 Å². The maximum atomic E-state index is 12.6. The summed E-state index contributed by atoms with van der Waals surface area (Å²) in [6, 6.07) is 5.64. The van der Waals surface area contributed by atoms with Crippen LogP contribution in [-0.2, 0) is 24.3 Å². The van der Waals surface area contributed by atoms with E-state index in [9.17, 15) is 4.79 Å². The van der Waals surface area contributed by atoms with Gasteiger partial charge in [-0.1, -0.05) is 6.07 Å². The van der Waals surface area contributed by atoms with Crippen LogP contribution >= 0.6 is 15.9 Å². The molecule has 0 bridgehead atoms. The smallest absolute Gasteiger partial charge is 0.227 e. The van der Waals surface area contributed by atoms with Gasteiger partial charge in [0.25, 0.3) is 0 Å². The molecule has 0 aliphatic rings. The van der Waals surface area contributed by atoms with Crippen molar-refractivity contribution in [3.8, 4) is 11.5 Å². The molecule has 0 aliphatic heterocycles. The molecule has 2 aromatic rings. The monoisotopic (exact) mass is 423 g/mol. The standard InChI is InChI=1S/C19H26BrN3O3/c1-5-23-12-15(20)16(21-23)13-22(4)19(24)11-14-8-9-17(25-6-2)18(10-14)26-7-3/h8-10,12H,5-7,11,13H2,1-4H3. The van der Waals surface area contributed by atoms with E-state index in [1.807, 2.05) is 49.8 Å². The Morgan fingerprint density at radius 1 is 1.19 bits per heavy atom. The molecule has 0 radical (unpaired) electrons. The molecule has 0 spiro atoms. The second-order valence-corrected chi connectivity index (χ2v) is 6.71. The van der Waals surface area contributed by atoms with Gasteiger partial charge in [-0.25, -0.2) is 0 Å². The van der Waals surface area contributed by atoms with Gasteiger partial charge in [0.05, 0.1) is 36.3 Å². The topological polar surface area (TPSA) is 56.6 Å². The lowest BCUT2D eigenvalue weighted by Gasteiger charge is -2.17. The first-order valence-corrected chi connectivity index (χ1v) is 9.62. The SMILES string of the molecule is CCOc1ccc(CC(=O)N(C)Cc2nn(CC)cc2Br)cc1OCC. The zero-order chi connectivity index (χ0) is 19.1. The molecular weight excluding hydrogens is 398 g/mol. The van der Waals surface area contributed by atoms with Crippen molar-refractivity contribution < 1.29 is 14.3 Å². The lowest BCUT2D eigenvalue weighted by Crippen LogP contribution is -2.28. The van der Waals surface area contributed by atoms with Gasteiger partial charge >= 0.3 is 0 Å². The van der Waals surface area contributed by atoms with Crippen LogP contribution in [-0.4, -0.2) is 40.8 Å². The zero-order valence-electron chi connectivity index (χ0n) is 15.8. The second kappa shape index (κ2) is 9.62. The van der Waals surface area contributed by atoms with Crippen molar-refractivity contribution in [2.24, 2.45) is 0 Å². The first kappa shape index (κ1) is 20.3. The van der Waals surface area contributed by atoms with E-state index in [1.165, 1.54) is 0 Å². The van der Waals surface area contributed by atoms with Crippen LogP contribution in [0.5, 0.6) is 11.5 Å². The lowest BCUT2D eigenvalue weighted by atomic mass is 10.1. The minimum absolute atomic E-state index is 0.0227. The Morgan fingerprint density at radius 3 is 2.50 bits per heavy atom. The number of aromatic nitrogens is 2. The average Bonchev–Trinajstić information content (AvgIpc) is 2.97. The first-order valence-electron chi connectivity index (χ1n) is 8.82. The Hall–Kier alpha value is -2.02. The van der Waals surface area contributed by atoms with Crippen LogP contribution in [0.15, 0.2) is 28.9 Å². The van der Waals surface area contributed by atoms with Crippen molar-refractivity contribution in [3.05, 3.63) is 40.1 Å². The summed E-state index contributed by atoms with van der Waals surface area (Å²) in [7, 11) is 1.79. The maximum Gasteiger partial charge on any atom is 0.227 e. The number of carbonyl (C=O) groups excluding carboxylic acids is 1. The largest absolute Gasteiger partial charge is 0.490 e. The number of likely N-dealkylation sites (N-methyl/N-ethyl adjacent to an activating group) is 1. The summed E-state index contributed by atoms with van der Waals surface area (Å²) < 4.78 is 14.0. The molecule has 0 saturated carbocycles. The minimum Gasteiger partial charge on any atom is -0.490 e. The molecule has 6 nitrogen and oxygen atoms in total. The molecule has 0 fully saturated rings. The highest BCUT2D eigenvalue weighted by Crippen LogP contribution is 2.29. The summed E-state index contributed by atoms with van der Waals surface area (Å²) in [4.78, 5) is 14.3. The Balaban J connectivity index is 2.05. The number of halogens is 1.